The van der Waals surface area contributed by atoms with Gasteiger partial charge in [0.1, 0.15) is 11.6 Å². The number of hydrogen-bond donors (Lipinski definition) is 2. The predicted molar refractivity (Wildman–Crippen MR) is 119 cm³/mol. The maximum Gasteiger partial charge on any atom is 0.238 e. The first-order chi connectivity index (χ1) is 15.3. The zero-order chi connectivity index (χ0) is 22.9. The van der Waals surface area contributed by atoms with Crippen LogP contribution in [0.25, 0.3) is 11.1 Å². The topological polar surface area (TPSA) is 123 Å². The molecule has 2 N–H and O–H groups in total. The molecule has 2 aliphatic rings. The smallest absolute Gasteiger partial charge is 0.238 e. The number of rotatable bonds is 5. The van der Waals surface area contributed by atoms with E-state index in [0.717, 1.165) is 43.2 Å². The number of carbonyl (C=O) groups is 1. The molecule has 1 saturated carbocycles. The summed E-state index contributed by atoms with van der Waals surface area (Å²) in [5.74, 6) is -0.196. The number of nitrogens with one attached hydrogen (secondary N) is 2. The van der Waals surface area contributed by atoms with Crippen molar-refractivity contribution in [1.29, 1.82) is 10.5 Å². The summed E-state index contributed by atoms with van der Waals surface area (Å²) < 4.78 is 24.1. The SMILES string of the molecule is CS(=O)(=O)c1cc(-c2ccc([C@@H]3CC3(C#N)NC(=O)[C@@H]3CCCCN3)cc2)ccc1C#N. The first-order valence-electron chi connectivity index (χ1n) is 10.6. The van der Waals surface area contributed by atoms with Gasteiger partial charge in [-0.2, -0.15) is 10.5 Å². The quantitative estimate of drug-likeness (QED) is 0.725. The third kappa shape index (κ3) is 4.25. The molecule has 4 rings (SSSR count). The average Bonchev–Trinajstić information content (AvgIpc) is 3.53. The Balaban J connectivity index is 1.52. The van der Waals surface area contributed by atoms with Crippen molar-refractivity contribution < 1.29 is 13.2 Å². The molecule has 1 saturated heterocycles. The summed E-state index contributed by atoms with van der Waals surface area (Å²) in [6.45, 7) is 0.818. The Morgan fingerprint density at radius 2 is 1.84 bits per heavy atom. The van der Waals surface area contributed by atoms with Crippen LogP contribution in [0.2, 0.25) is 0 Å². The lowest BCUT2D eigenvalue weighted by Crippen LogP contribution is -2.50. The van der Waals surface area contributed by atoms with Crippen molar-refractivity contribution >= 4 is 15.7 Å². The molecule has 0 bridgehead atoms. The van der Waals surface area contributed by atoms with E-state index in [4.69, 9.17) is 0 Å². The Kier molecular flexibility index (Phi) is 5.77. The van der Waals surface area contributed by atoms with Crippen molar-refractivity contribution in [3.8, 4) is 23.3 Å². The van der Waals surface area contributed by atoms with Crippen LogP contribution in [-0.2, 0) is 14.6 Å². The highest BCUT2D eigenvalue weighted by Gasteiger charge is 2.57. The van der Waals surface area contributed by atoms with E-state index in [1.807, 2.05) is 30.3 Å². The molecule has 32 heavy (non-hydrogen) atoms. The molecule has 0 aromatic heterocycles. The molecule has 0 radical (unpaired) electrons. The van der Waals surface area contributed by atoms with Gasteiger partial charge in [0.05, 0.1) is 22.6 Å². The van der Waals surface area contributed by atoms with Gasteiger partial charge in [-0.25, -0.2) is 8.42 Å². The van der Waals surface area contributed by atoms with E-state index in [-0.39, 0.29) is 28.3 Å². The maximum atomic E-state index is 12.6. The zero-order valence-electron chi connectivity index (χ0n) is 17.8. The van der Waals surface area contributed by atoms with Crippen LogP contribution in [0.1, 0.15) is 42.7 Å². The van der Waals surface area contributed by atoms with Crippen molar-refractivity contribution in [2.24, 2.45) is 0 Å². The zero-order valence-corrected chi connectivity index (χ0v) is 18.6. The average molecular weight is 449 g/mol. The molecule has 2 aromatic rings. The minimum Gasteiger partial charge on any atom is -0.336 e. The maximum absolute atomic E-state index is 12.6. The van der Waals surface area contributed by atoms with Crippen LogP contribution in [0.4, 0.5) is 0 Å². The number of carbonyl (C=O) groups excluding carboxylic acids is 1. The first-order valence-corrected chi connectivity index (χ1v) is 12.5. The molecule has 0 spiro atoms. The molecule has 2 fully saturated rings. The second-order valence-corrected chi connectivity index (χ2v) is 10.5. The van der Waals surface area contributed by atoms with Crippen molar-refractivity contribution in [3.63, 3.8) is 0 Å². The van der Waals surface area contributed by atoms with E-state index in [1.165, 1.54) is 12.1 Å². The fourth-order valence-electron chi connectivity index (χ4n) is 4.35. The Bertz CT molecular complexity index is 1240. The van der Waals surface area contributed by atoms with Crippen molar-refractivity contribution in [3.05, 3.63) is 53.6 Å². The summed E-state index contributed by atoms with van der Waals surface area (Å²) in [5, 5.41) is 25.1. The van der Waals surface area contributed by atoms with E-state index >= 15 is 0 Å². The first kappa shape index (κ1) is 22.0. The molecule has 1 amide bonds. The second kappa shape index (κ2) is 8.38. The van der Waals surface area contributed by atoms with Gasteiger partial charge in [-0.1, -0.05) is 36.8 Å². The van der Waals surface area contributed by atoms with Crippen molar-refractivity contribution in [2.75, 3.05) is 12.8 Å². The van der Waals surface area contributed by atoms with Gasteiger partial charge >= 0.3 is 0 Å². The number of amides is 1. The normalized spacial score (nSPS) is 24.7. The fraction of sp³-hybridized carbons (Fsp3) is 0.375. The molecule has 164 valence electrons. The highest BCUT2D eigenvalue weighted by Crippen LogP contribution is 2.51. The van der Waals surface area contributed by atoms with Crippen LogP contribution in [0.15, 0.2) is 47.4 Å². The molecular weight excluding hydrogens is 424 g/mol. The minimum absolute atomic E-state index is 0.00583. The number of nitriles is 2. The molecule has 3 atom stereocenters. The summed E-state index contributed by atoms with van der Waals surface area (Å²) in [7, 11) is -3.53. The van der Waals surface area contributed by atoms with Crippen molar-refractivity contribution in [2.45, 2.75) is 48.1 Å². The van der Waals surface area contributed by atoms with Crippen LogP contribution in [0, 0.1) is 22.7 Å². The highest BCUT2D eigenvalue weighted by atomic mass is 32.2. The lowest BCUT2D eigenvalue weighted by atomic mass is 9.99. The summed E-state index contributed by atoms with van der Waals surface area (Å²) in [6, 6.07) is 16.3. The molecule has 7 nitrogen and oxygen atoms in total. The summed E-state index contributed by atoms with van der Waals surface area (Å²) in [4.78, 5) is 12.6. The van der Waals surface area contributed by atoms with E-state index in [2.05, 4.69) is 16.7 Å². The monoisotopic (exact) mass is 448 g/mol. The fourth-order valence-corrected chi connectivity index (χ4v) is 5.20. The molecule has 1 aliphatic carbocycles. The van der Waals surface area contributed by atoms with Crippen LogP contribution < -0.4 is 10.6 Å². The van der Waals surface area contributed by atoms with Gasteiger partial charge < -0.3 is 10.6 Å². The van der Waals surface area contributed by atoms with E-state index in [9.17, 15) is 23.7 Å². The summed E-state index contributed by atoms with van der Waals surface area (Å²) in [5.41, 5.74) is 1.68. The van der Waals surface area contributed by atoms with Gasteiger partial charge in [-0.15, -0.1) is 0 Å². The van der Waals surface area contributed by atoms with Crippen LogP contribution in [-0.4, -0.2) is 38.7 Å². The van der Waals surface area contributed by atoms with Crippen LogP contribution in [0.3, 0.4) is 0 Å². The predicted octanol–water partition coefficient (Wildman–Crippen LogP) is 2.64. The highest BCUT2D eigenvalue weighted by molar-refractivity contribution is 7.90. The molecule has 1 aliphatic heterocycles. The molecule has 1 unspecified atom stereocenters. The van der Waals surface area contributed by atoms with Gasteiger partial charge in [-0.3, -0.25) is 4.79 Å². The van der Waals surface area contributed by atoms with Gasteiger partial charge in [-0.05, 0) is 54.6 Å². The van der Waals surface area contributed by atoms with Gasteiger partial charge in [0.15, 0.2) is 9.84 Å². The minimum atomic E-state index is -3.53. The number of nitrogens with zero attached hydrogens (tertiary/aromatic N) is 2. The second-order valence-electron chi connectivity index (χ2n) is 8.55. The van der Waals surface area contributed by atoms with Crippen LogP contribution >= 0.6 is 0 Å². The van der Waals surface area contributed by atoms with E-state index in [1.54, 1.807) is 6.07 Å². The third-order valence-corrected chi connectivity index (χ3v) is 7.42. The van der Waals surface area contributed by atoms with Gasteiger partial charge in [0.2, 0.25) is 5.91 Å². The number of benzene rings is 2. The Labute approximate surface area is 188 Å². The van der Waals surface area contributed by atoms with E-state index in [0.29, 0.717) is 12.0 Å². The third-order valence-electron chi connectivity index (χ3n) is 6.28. The standard InChI is InChI=1S/C24H24N4O3S/c1-32(30,31)22-12-18(9-10-19(22)14-25)16-5-7-17(8-6-16)20-13-24(20,15-26)28-23(29)21-4-2-3-11-27-21/h5-10,12,20-21,27H,2-4,11,13H2,1H3,(H,28,29)/t20-,21-,24?/m0/s1. The van der Waals surface area contributed by atoms with Gasteiger partial charge in [0.25, 0.3) is 0 Å². The lowest BCUT2D eigenvalue weighted by molar-refractivity contribution is -0.124. The van der Waals surface area contributed by atoms with E-state index < -0.39 is 15.4 Å². The molecule has 2 aromatic carbocycles. The number of sulfone groups is 1. The summed E-state index contributed by atoms with van der Waals surface area (Å²) >= 11 is 0. The number of piperidine rings is 1. The molecule has 1 heterocycles. The van der Waals surface area contributed by atoms with Crippen LogP contribution in [0.5, 0.6) is 0 Å². The Morgan fingerprint density at radius 1 is 1.12 bits per heavy atom. The largest absolute Gasteiger partial charge is 0.336 e. The lowest BCUT2D eigenvalue weighted by Gasteiger charge is -2.24. The summed E-state index contributed by atoms with van der Waals surface area (Å²) in [6.07, 6.45) is 4.50. The number of hydrogen-bond acceptors (Lipinski definition) is 6. The van der Waals surface area contributed by atoms with Crippen molar-refractivity contribution in [1.82, 2.24) is 10.6 Å². The molecular formula is C24H24N4O3S. The van der Waals surface area contributed by atoms with Gasteiger partial charge in [0, 0.05) is 12.2 Å². The Hall–Kier alpha value is -3.20. The molecule has 8 heteroatoms. The Morgan fingerprint density at radius 3 is 2.44 bits per heavy atom.